The van der Waals surface area contributed by atoms with E-state index in [0.717, 1.165) is 12.1 Å². The Morgan fingerprint density at radius 3 is 2.53 bits per heavy atom. The number of amides is 1. The first-order chi connectivity index (χ1) is 8.62. The lowest BCUT2D eigenvalue weighted by Crippen LogP contribution is -2.29. The summed E-state index contributed by atoms with van der Waals surface area (Å²) in [5, 5.41) is 6.77. The molecule has 0 saturated heterocycles. The number of primary sulfonamides is 1. The van der Waals surface area contributed by atoms with E-state index in [4.69, 9.17) is 16.7 Å². The SMILES string of the molecule is NS(=O)(=O)c1cc(C(=O)NCC(F)F)c(Cl)cc1Br. The largest absolute Gasteiger partial charge is 0.346 e. The molecule has 0 heterocycles. The van der Waals surface area contributed by atoms with Crippen LogP contribution in [0.25, 0.3) is 0 Å². The summed E-state index contributed by atoms with van der Waals surface area (Å²) < 4.78 is 46.5. The molecule has 0 fully saturated rings. The molecule has 106 valence electrons. The van der Waals surface area contributed by atoms with E-state index in [0.29, 0.717) is 0 Å². The Balaban J connectivity index is 3.19. The Bertz CT molecular complexity index is 610. The molecule has 1 rings (SSSR count). The molecule has 0 atom stereocenters. The molecule has 0 aliphatic carbocycles. The second kappa shape index (κ2) is 6.12. The van der Waals surface area contributed by atoms with Crippen LogP contribution in [0.4, 0.5) is 8.78 Å². The maximum Gasteiger partial charge on any atom is 0.255 e. The van der Waals surface area contributed by atoms with Crippen molar-refractivity contribution in [3.05, 3.63) is 27.2 Å². The molecule has 0 radical (unpaired) electrons. The van der Waals surface area contributed by atoms with Gasteiger partial charge in [0.1, 0.15) is 0 Å². The molecule has 0 bridgehead atoms. The highest BCUT2D eigenvalue weighted by molar-refractivity contribution is 9.10. The number of alkyl halides is 2. The maximum atomic E-state index is 12.0. The number of hydrogen-bond acceptors (Lipinski definition) is 3. The lowest BCUT2D eigenvalue weighted by atomic mass is 10.2. The third-order valence-corrected chi connectivity index (χ3v) is 4.17. The zero-order chi connectivity index (χ0) is 14.8. The minimum absolute atomic E-state index is 0.0745. The van der Waals surface area contributed by atoms with Crippen LogP contribution in [0.5, 0.6) is 0 Å². The number of nitrogens with one attached hydrogen (secondary N) is 1. The smallest absolute Gasteiger partial charge is 0.255 e. The molecule has 1 amide bonds. The molecule has 5 nitrogen and oxygen atoms in total. The van der Waals surface area contributed by atoms with E-state index >= 15 is 0 Å². The van der Waals surface area contributed by atoms with Crippen molar-refractivity contribution < 1.29 is 22.0 Å². The highest BCUT2D eigenvalue weighted by Gasteiger charge is 2.20. The van der Waals surface area contributed by atoms with Crippen molar-refractivity contribution in [1.29, 1.82) is 0 Å². The molecule has 0 aliphatic heterocycles. The van der Waals surface area contributed by atoms with Crippen LogP contribution in [0.1, 0.15) is 10.4 Å². The number of sulfonamides is 1. The van der Waals surface area contributed by atoms with Gasteiger partial charge in [-0.05, 0) is 28.1 Å². The van der Waals surface area contributed by atoms with Gasteiger partial charge >= 0.3 is 0 Å². The molecule has 0 unspecified atom stereocenters. The quantitative estimate of drug-likeness (QED) is 0.837. The van der Waals surface area contributed by atoms with Gasteiger partial charge in [0.25, 0.3) is 12.3 Å². The van der Waals surface area contributed by atoms with Crippen LogP contribution in [0, 0.1) is 0 Å². The van der Waals surface area contributed by atoms with Gasteiger partial charge in [-0.1, -0.05) is 11.6 Å². The van der Waals surface area contributed by atoms with Crippen molar-refractivity contribution in [2.24, 2.45) is 5.14 Å². The Hall–Kier alpha value is -0.770. The third kappa shape index (κ3) is 4.37. The standard InChI is InChI=1S/C9H8BrClF2N2O3S/c10-5-2-6(11)4(1-7(5)19(14,17)18)9(16)15-3-8(12)13/h1-2,8H,3H2,(H,15,16)(H2,14,17,18). The maximum absolute atomic E-state index is 12.0. The van der Waals surface area contributed by atoms with Gasteiger partial charge in [-0.2, -0.15) is 0 Å². The van der Waals surface area contributed by atoms with Crippen LogP contribution < -0.4 is 10.5 Å². The average Bonchev–Trinajstić information content (AvgIpc) is 2.24. The molecule has 19 heavy (non-hydrogen) atoms. The normalized spacial score (nSPS) is 11.7. The summed E-state index contributed by atoms with van der Waals surface area (Å²) in [6.45, 7) is -0.865. The van der Waals surface area contributed by atoms with E-state index in [1.54, 1.807) is 0 Å². The number of nitrogens with two attached hydrogens (primary N) is 1. The first-order valence-electron chi connectivity index (χ1n) is 4.71. The van der Waals surface area contributed by atoms with E-state index < -0.39 is 28.9 Å². The molecule has 1 aromatic rings. The van der Waals surface area contributed by atoms with Gasteiger partial charge < -0.3 is 5.32 Å². The molecule has 0 spiro atoms. The van der Waals surface area contributed by atoms with Crippen molar-refractivity contribution in [2.75, 3.05) is 6.54 Å². The van der Waals surface area contributed by atoms with Gasteiger partial charge in [0, 0.05) is 4.47 Å². The summed E-state index contributed by atoms with van der Waals surface area (Å²) in [6, 6.07) is 2.07. The minimum atomic E-state index is -4.07. The highest BCUT2D eigenvalue weighted by atomic mass is 79.9. The molecule has 0 saturated carbocycles. The Morgan fingerprint density at radius 1 is 1.47 bits per heavy atom. The fourth-order valence-electron chi connectivity index (χ4n) is 1.19. The Kier molecular flexibility index (Phi) is 5.25. The predicted molar refractivity (Wildman–Crippen MR) is 68.9 cm³/mol. The van der Waals surface area contributed by atoms with Crippen LogP contribution in [-0.2, 0) is 10.0 Å². The number of carbonyl (C=O) groups excluding carboxylic acids is 1. The number of benzene rings is 1. The van der Waals surface area contributed by atoms with Gasteiger partial charge in [-0.15, -0.1) is 0 Å². The van der Waals surface area contributed by atoms with E-state index in [1.807, 2.05) is 5.32 Å². The second-order valence-corrected chi connectivity index (χ2v) is 6.20. The summed E-state index contributed by atoms with van der Waals surface area (Å²) in [6.07, 6.45) is -2.73. The third-order valence-electron chi connectivity index (χ3n) is 1.99. The van der Waals surface area contributed by atoms with Crippen molar-refractivity contribution in [2.45, 2.75) is 11.3 Å². The Labute approximate surface area is 121 Å². The molecule has 3 N–H and O–H groups in total. The summed E-state index contributed by atoms with van der Waals surface area (Å²) in [5.41, 5.74) is -0.255. The number of hydrogen-bond donors (Lipinski definition) is 2. The topological polar surface area (TPSA) is 89.3 Å². The molecule has 10 heteroatoms. The first kappa shape index (κ1) is 16.3. The van der Waals surface area contributed by atoms with Crippen LogP contribution in [0.3, 0.4) is 0 Å². The zero-order valence-corrected chi connectivity index (χ0v) is 12.3. The van der Waals surface area contributed by atoms with E-state index in [1.165, 1.54) is 0 Å². The molecule has 0 aromatic heterocycles. The summed E-state index contributed by atoms with van der Waals surface area (Å²) in [4.78, 5) is 11.2. The minimum Gasteiger partial charge on any atom is -0.346 e. The van der Waals surface area contributed by atoms with Gasteiger partial charge in [-0.3, -0.25) is 4.79 Å². The van der Waals surface area contributed by atoms with Gasteiger partial charge in [0.15, 0.2) is 0 Å². The summed E-state index contributed by atoms with van der Waals surface area (Å²) >= 11 is 8.68. The van der Waals surface area contributed by atoms with E-state index in [-0.39, 0.29) is 20.0 Å². The monoisotopic (exact) mass is 376 g/mol. The van der Waals surface area contributed by atoms with Crippen molar-refractivity contribution in [1.82, 2.24) is 5.32 Å². The van der Waals surface area contributed by atoms with E-state index in [2.05, 4.69) is 15.9 Å². The highest BCUT2D eigenvalue weighted by Crippen LogP contribution is 2.28. The average molecular weight is 378 g/mol. The first-order valence-corrected chi connectivity index (χ1v) is 7.43. The van der Waals surface area contributed by atoms with E-state index in [9.17, 15) is 22.0 Å². The molecule has 1 aromatic carbocycles. The van der Waals surface area contributed by atoms with Gasteiger partial charge in [0.2, 0.25) is 10.0 Å². The summed E-state index contributed by atoms with van der Waals surface area (Å²) in [5.74, 6) is -0.914. The van der Waals surface area contributed by atoms with Crippen LogP contribution >= 0.6 is 27.5 Å². The van der Waals surface area contributed by atoms with Crippen molar-refractivity contribution in [3.63, 3.8) is 0 Å². The van der Waals surface area contributed by atoms with Crippen molar-refractivity contribution >= 4 is 43.5 Å². The lowest BCUT2D eigenvalue weighted by molar-refractivity contribution is 0.0891. The predicted octanol–water partition coefficient (Wildman–Crippen LogP) is 1.74. The number of carbonyl (C=O) groups is 1. The lowest BCUT2D eigenvalue weighted by Gasteiger charge is -2.09. The second-order valence-electron chi connectivity index (χ2n) is 3.41. The number of rotatable bonds is 4. The van der Waals surface area contributed by atoms with Crippen LogP contribution in [0.2, 0.25) is 5.02 Å². The fourth-order valence-corrected chi connectivity index (χ4v) is 3.20. The fraction of sp³-hybridized carbons (Fsp3) is 0.222. The van der Waals surface area contributed by atoms with Crippen LogP contribution in [-0.4, -0.2) is 27.3 Å². The molecular formula is C9H8BrClF2N2O3S. The van der Waals surface area contributed by atoms with Gasteiger partial charge in [0.05, 0.1) is 22.0 Å². The Morgan fingerprint density at radius 2 is 2.05 bits per heavy atom. The molecule has 0 aliphatic rings. The zero-order valence-electron chi connectivity index (χ0n) is 9.16. The number of halogens is 4. The molecular weight excluding hydrogens is 370 g/mol. The summed E-state index contributed by atoms with van der Waals surface area (Å²) in [7, 11) is -4.07. The van der Waals surface area contributed by atoms with Crippen LogP contribution in [0.15, 0.2) is 21.5 Å². The van der Waals surface area contributed by atoms with Gasteiger partial charge in [-0.25, -0.2) is 22.3 Å². The van der Waals surface area contributed by atoms with Crippen molar-refractivity contribution in [3.8, 4) is 0 Å².